The van der Waals surface area contributed by atoms with Crippen molar-refractivity contribution in [2.45, 2.75) is 40.5 Å². The summed E-state index contributed by atoms with van der Waals surface area (Å²) in [5.41, 5.74) is 0. The highest BCUT2D eigenvalue weighted by atomic mass is 16.4. The molecule has 1 unspecified atom stereocenters. The molecule has 0 aromatic rings. The van der Waals surface area contributed by atoms with Crippen LogP contribution in [-0.2, 0) is 4.79 Å². The minimum atomic E-state index is -0.686. The summed E-state index contributed by atoms with van der Waals surface area (Å²) in [5.74, 6) is -0.0719. The summed E-state index contributed by atoms with van der Waals surface area (Å²) in [6.45, 7) is 8.22. The van der Waals surface area contributed by atoms with Gasteiger partial charge in [0.15, 0.2) is 0 Å². The minimum Gasteiger partial charge on any atom is -0.481 e. The van der Waals surface area contributed by atoms with Gasteiger partial charge in [0.05, 0.1) is 5.92 Å². The summed E-state index contributed by atoms with van der Waals surface area (Å²) in [4.78, 5) is 10.8. The molecular weight excluding hydrogens is 176 g/mol. The summed E-state index contributed by atoms with van der Waals surface area (Å²) >= 11 is 0. The molecular formula is C12H22O2. The maximum Gasteiger partial charge on any atom is 0.307 e. The average Bonchev–Trinajstić information content (AvgIpc) is 2.01. The highest BCUT2D eigenvalue weighted by Crippen LogP contribution is 2.16. The largest absolute Gasteiger partial charge is 0.481 e. The van der Waals surface area contributed by atoms with E-state index in [0.29, 0.717) is 12.3 Å². The summed E-state index contributed by atoms with van der Waals surface area (Å²) in [6.07, 6.45) is 5.77. The van der Waals surface area contributed by atoms with Crippen molar-refractivity contribution in [3.8, 4) is 0 Å². The molecule has 1 N–H and O–H groups in total. The van der Waals surface area contributed by atoms with E-state index in [2.05, 4.69) is 19.9 Å². The molecule has 0 saturated heterocycles. The molecule has 0 aliphatic heterocycles. The van der Waals surface area contributed by atoms with Gasteiger partial charge in [-0.1, -0.05) is 39.8 Å². The van der Waals surface area contributed by atoms with Gasteiger partial charge in [-0.2, -0.15) is 0 Å². The summed E-state index contributed by atoms with van der Waals surface area (Å²) in [5, 5.41) is 8.92. The van der Waals surface area contributed by atoms with Gasteiger partial charge >= 0.3 is 5.97 Å². The van der Waals surface area contributed by atoms with Gasteiger partial charge in [-0.05, 0) is 24.7 Å². The van der Waals surface area contributed by atoms with Gasteiger partial charge in [0, 0.05) is 0 Å². The first kappa shape index (κ1) is 13.2. The lowest BCUT2D eigenvalue weighted by Gasteiger charge is -2.13. The van der Waals surface area contributed by atoms with Crippen LogP contribution in [-0.4, -0.2) is 11.1 Å². The molecule has 0 saturated carbocycles. The van der Waals surface area contributed by atoms with E-state index < -0.39 is 5.97 Å². The molecule has 0 bridgehead atoms. The van der Waals surface area contributed by atoms with E-state index in [4.69, 9.17) is 5.11 Å². The molecule has 0 radical (unpaired) electrons. The van der Waals surface area contributed by atoms with Crippen LogP contribution in [0.3, 0.4) is 0 Å². The SMILES string of the molecule is CC(C)CC=CCC(C(=O)O)C(C)C. The standard InChI is InChI=1S/C12H22O2/c1-9(2)7-5-6-8-11(10(3)4)12(13)14/h5-6,9-11H,7-8H2,1-4H3,(H,13,14). The Hall–Kier alpha value is -0.790. The van der Waals surface area contributed by atoms with Gasteiger partial charge in [0.2, 0.25) is 0 Å². The molecule has 0 amide bonds. The molecule has 2 nitrogen and oxygen atoms in total. The molecule has 2 heteroatoms. The normalized spacial score (nSPS) is 14.1. The molecule has 14 heavy (non-hydrogen) atoms. The van der Waals surface area contributed by atoms with Crippen molar-refractivity contribution >= 4 is 5.97 Å². The van der Waals surface area contributed by atoms with Gasteiger partial charge < -0.3 is 5.11 Å². The van der Waals surface area contributed by atoms with Gasteiger partial charge in [-0.25, -0.2) is 0 Å². The minimum absolute atomic E-state index is 0.205. The number of carboxylic acids is 1. The zero-order valence-electron chi connectivity index (χ0n) is 9.66. The lowest BCUT2D eigenvalue weighted by Crippen LogP contribution is -2.18. The number of hydrogen-bond donors (Lipinski definition) is 1. The number of carboxylic acid groups (broad SMARTS) is 1. The van der Waals surface area contributed by atoms with Crippen LogP contribution in [0.5, 0.6) is 0 Å². The summed E-state index contributed by atoms with van der Waals surface area (Å²) in [6, 6.07) is 0. The van der Waals surface area contributed by atoms with Crippen LogP contribution in [0.1, 0.15) is 40.5 Å². The Bertz CT molecular complexity index is 192. The third-order valence-electron chi connectivity index (χ3n) is 2.29. The van der Waals surface area contributed by atoms with E-state index in [0.717, 1.165) is 6.42 Å². The predicted octanol–water partition coefficient (Wildman–Crippen LogP) is 3.34. The molecule has 1 atom stereocenters. The van der Waals surface area contributed by atoms with E-state index >= 15 is 0 Å². The Balaban J connectivity index is 3.94. The molecule has 0 aromatic carbocycles. The van der Waals surface area contributed by atoms with Crippen molar-refractivity contribution in [3.05, 3.63) is 12.2 Å². The van der Waals surface area contributed by atoms with Crippen molar-refractivity contribution in [1.82, 2.24) is 0 Å². The Labute approximate surface area is 87.0 Å². The van der Waals surface area contributed by atoms with Crippen molar-refractivity contribution in [2.24, 2.45) is 17.8 Å². The first-order chi connectivity index (χ1) is 6.45. The van der Waals surface area contributed by atoms with Crippen LogP contribution in [0, 0.1) is 17.8 Å². The molecule has 0 fully saturated rings. The molecule has 0 spiro atoms. The first-order valence-electron chi connectivity index (χ1n) is 5.33. The number of carbonyl (C=O) groups is 1. The van der Waals surface area contributed by atoms with Crippen LogP contribution >= 0.6 is 0 Å². The maximum absolute atomic E-state index is 10.8. The third-order valence-corrected chi connectivity index (χ3v) is 2.29. The molecule has 0 aromatic heterocycles. The van der Waals surface area contributed by atoms with Crippen molar-refractivity contribution < 1.29 is 9.90 Å². The predicted molar refractivity (Wildman–Crippen MR) is 59.2 cm³/mol. The second kappa shape index (κ2) is 6.63. The Kier molecular flexibility index (Phi) is 6.26. The van der Waals surface area contributed by atoms with E-state index in [1.54, 1.807) is 0 Å². The van der Waals surface area contributed by atoms with Crippen LogP contribution in [0.25, 0.3) is 0 Å². The monoisotopic (exact) mass is 198 g/mol. The van der Waals surface area contributed by atoms with Gasteiger partial charge in [0.1, 0.15) is 0 Å². The van der Waals surface area contributed by atoms with Crippen LogP contribution < -0.4 is 0 Å². The third kappa shape index (κ3) is 5.79. The smallest absolute Gasteiger partial charge is 0.307 e. The quantitative estimate of drug-likeness (QED) is 0.665. The highest BCUT2D eigenvalue weighted by Gasteiger charge is 2.19. The van der Waals surface area contributed by atoms with Crippen molar-refractivity contribution in [1.29, 1.82) is 0 Å². The van der Waals surface area contributed by atoms with Crippen LogP contribution in [0.2, 0.25) is 0 Å². The van der Waals surface area contributed by atoms with Crippen molar-refractivity contribution in [2.75, 3.05) is 0 Å². The van der Waals surface area contributed by atoms with Gasteiger partial charge in [0.25, 0.3) is 0 Å². The first-order valence-corrected chi connectivity index (χ1v) is 5.33. The van der Waals surface area contributed by atoms with E-state index in [-0.39, 0.29) is 11.8 Å². The second-order valence-electron chi connectivity index (χ2n) is 4.53. The lowest BCUT2D eigenvalue weighted by atomic mass is 9.92. The molecule has 0 rings (SSSR count). The van der Waals surface area contributed by atoms with Crippen LogP contribution in [0.15, 0.2) is 12.2 Å². The number of hydrogen-bond acceptors (Lipinski definition) is 1. The highest BCUT2D eigenvalue weighted by molar-refractivity contribution is 5.70. The molecule has 0 aliphatic carbocycles. The van der Waals surface area contributed by atoms with E-state index in [1.165, 1.54) is 0 Å². The molecule has 82 valence electrons. The summed E-state index contributed by atoms with van der Waals surface area (Å²) < 4.78 is 0. The Morgan fingerprint density at radius 2 is 1.64 bits per heavy atom. The zero-order chi connectivity index (χ0) is 11.1. The number of allylic oxidation sites excluding steroid dienone is 2. The topological polar surface area (TPSA) is 37.3 Å². The second-order valence-corrected chi connectivity index (χ2v) is 4.53. The van der Waals surface area contributed by atoms with E-state index in [9.17, 15) is 4.79 Å². The Morgan fingerprint density at radius 1 is 1.14 bits per heavy atom. The fourth-order valence-corrected chi connectivity index (χ4v) is 1.27. The van der Waals surface area contributed by atoms with Gasteiger partial charge in [-0.3, -0.25) is 4.79 Å². The fourth-order valence-electron chi connectivity index (χ4n) is 1.27. The molecule has 0 aliphatic rings. The van der Waals surface area contributed by atoms with Gasteiger partial charge in [-0.15, -0.1) is 0 Å². The van der Waals surface area contributed by atoms with E-state index in [1.807, 2.05) is 19.9 Å². The Morgan fingerprint density at radius 3 is 2.00 bits per heavy atom. The lowest BCUT2D eigenvalue weighted by molar-refractivity contribution is -0.143. The zero-order valence-corrected chi connectivity index (χ0v) is 9.66. The number of aliphatic carboxylic acids is 1. The average molecular weight is 198 g/mol. The van der Waals surface area contributed by atoms with Crippen LogP contribution in [0.4, 0.5) is 0 Å². The number of rotatable bonds is 6. The fraction of sp³-hybridized carbons (Fsp3) is 0.750. The summed E-state index contributed by atoms with van der Waals surface area (Å²) in [7, 11) is 0. The van der Waals surface area contributed by atoms with Crippen molar-refractivity contribution in [3.63, 3.8) is 0 Å². The molecule has 0 heterocycles. The maximum atomic E-state index is 10.8.